The molecule has 1 aliphatic rings. The summed E-state index contributed by atoms with van der Waals surface area (Å²) < 4.78 is 14.0. The second kappa shape index (κ2) is 2.70. The molecule has 0 saturated heterocycles. The van der Waals surface area contributed by atoms with Crippen molar-refractivity contribution in [2.75, 3.05) is 6.54 Å². The zero-order valence-corrected chi connectivity index (χ0v) is 7.26. The highest BCUT2D eigenvalue weighted by atomic mass is 19.1. The molecule has 2 nitrogen and oxygen atoms in total. The van der Waals surface area contributed by atoms with Gasteiger partial charge in [-0.1, -0.05) is 6.07 Å². The second-order valence-corrected chi connectivity index (χ2v) is 3.51. The summed E-state index contributed by atoms with van der Waals surface area (Å²) in [5, 5.41) is 9.19. The van der Waals surface area contributed by atoms with Crippen LogP contribution in [0.4, 0.5) is 4.39 Å². The molecule has 3 N–H and O–H groups in total. The zero-order chi connectivity index (χ0) is 9.47. The Hall–Kier alpha value is -1.09. The molecule has 1 aromatic rings. The summed E-state index contributed by atoms with van der Waals surface area (Å²) in [6.45, 7) is 0.0186. The quantitative estimate of drug-likeness (QED) is 0.689. The van der Waals surface area contributed by atoms with Crippen LogP contribution in [0, 0.1) is 0 Å². The Labute approximate surface area is 76.2 Å². The Bertz CT molecular complexity index is 340. The van der Waals surface area contributed by atoms with Gasteiger partial charge in [-0.25, -0.2) is 4.39 Å². The van der Waals surface area contributed by atoms with Crippen molar-refractivity contribution < 1.29 is 9.50 Å². The van der Waals surface area contributed by atoms with Crippen LogP contribution >= 0.6 is 0 Å². The van der Waals surface area contributed by atoms with Gasteiger partial charge >= 0.3 is 0 Å². The third-order valence-corrected chi connectivity index (χ3v) is 2.69. The van der Waals surface area contributed by atoms with Crippen LogP contribution in [0.5, 0.6) is 5.75 Å². The summed E-state index contributed by atoms with van der Waals surface area (Å²) >= 11 is 0. The van der Waals surface area contributed by atoms with Crippen molar-refractivity contribution in [3.63, 3.8) is 0 Å². The van der Waals surface area contributed by atoms with Crippen LogP contribution in [-0.4, -0.2) is 11.7 Å². The summed E-state index contributed by atoms with van der Waals surface area (Å²) in [5.74, 6) is 0.194. The average Bonchev–Trinajstić information content (AvgIpc) is 2.45. The predicted molar refractivity (Wildman–Crippen MR) is 48.3 cm³/mol. The van der Waals surface area contributed by atoms with Gasteiger partial charge in [-0.05, 0) is 36.1 Å². The highest BCUT2D eigenvalue weighted by Crippen LogP contribution is 2.40. The van der Waals surface area contributed by atoms with E-state index >= 15 is 0 Å². The number of alkyl halides is 1. The van der Waals surface area contributed by atoms with E-state index in [-0.39, 0.29) is 12.3 Å². The molecule has 0 aromatic heterocycles. The van der Waals surface area contributed by atoms with E-state index in [0.29, 0.717) is 18.4 Å². The molecule has 0 heterocycles. The summed E-state index contributed by atoms with van der Waals surface area (Å²) in [5.41, 5.74) is 5.54. The SMILES string of the molecule is NCC1(F)CCc2cc(O)ccc21. The van der Waals surface area contributed by atoms with E-state index in [2.05, 4.69) is 0 Å². The van der Waals surface area contributed by atoms with E-state index in [1.165, 1.54) is 6.07 Å². The molecule has 1 aliphatic carbocycles. The van der Waals surface area contributed by atoms with Crippen molar-refractivity contribution in [3.8, 4) is 5.75 Å². The predicted octanol–water partition coefficient (Wildman–Crippen LogP) is 1.46. The molecule has 0 saturated carbocycles. The summed E-state index contributed by atoms with van der Waals surface area (Å²) in [4.78, 5) is 0. The van der Waals surface area contributed by atoms with Crippen LogP contribution in [0.2, 0.25) is 0 Å². The maximum Gasteiger partial charge on any atom is 0.148 e. The minimum absolute atomic E-state index is 0.0186. The van der Waals surface area contributed by atoms with Crippen molar-refractivity contribution in [2.45, 2.75) is 18.5 Å². The van der Waals surface area contributed by atoms with Gasteiger partial charge in [0, 0.05) is 6.54 Å². The van der Waals surface area contributed by atoms with Crippen LogP contribution in [0.3, 0.4) is 0 Å². The fourth-order valence-corrected chi connectivity index (χ4v) is 1.90. The van der Waals surface area contributed by atoms with Gasteiger partial charge in [-0.2, -0.15) is 0 Å². The Kier molecular flexibility index (Phi) is 1.77. The smallest absolute Gasteiger partial charge is 0.148 e. The molecule has 1 aromatic carbocycles. The lowest BCUT2D eigenvalue weighted by Gasteiger charge is -2.17. The molecule has 0 spiro atoms. The van der Waals surface area contributed by atoms with Gasteiger partial charge in [0.05, 0.1) is 0 Å². The molecule has 1 atom stereocenters. The highest BCUT2D eigenvalue weighted by molar-refractivity contribution is 5.42. The first-order valence-corrected chi connectivity index (χ1v) is 4.37. The van der Waals surface area contributed by atoms with Crippen LogP contribution in [0.1, 0.15) is 17.5 Å². The van der Waals surface area contributed by atoms with Gasteiger partial charge in [0.1, 0.15) is 11.4 Å². The van der Waals surface area contributed by atoms with E-state index in [1.54, 1.807) is 12.1 Å². The van der Waals surface area contributed by atoms with Crippen molar-refractivity contribution in [2.24, 2.45) is 5.73 Å². The molecule has 0 fully saturated rings. The number of aromatic hydroxyl groups is 1. The Morgan fingerprint density at radius 1 is 1.54 bits per heavy atom. The van der Waals surface area contributed by atoms with Gasteiger partial charge in [-0.3, -0.25) is 0 Å². The minimum Gasteiger partial charge on any atom is -0.508 e. The lowest BCUT2D eigenvalue weighted by molar-refractivity contribution is 0.177. The minimum atomic E-state index is -1.37. The molecule has 70 valence electrons. The second-order valence-electron chi connectivity index (χ2n) is 3.51. The maximum atomic E-state index is 14.0. The zero-order valence-electron chi connectivity index (χ0n) is 7.26. The van der Waals surface area contributed by atoms with E-state index in [1.807, 2.05) is 0 Å². The number of hydrogen-bond donors (Lipinski definition) is 2. The standard InChI is InChI=1S/C10H12FNO/c11-10(6-12)4-3-7-5-8(13)1-2-9(7)10/h1-2,5,13H,3-4,6,12H2. The van der Waals surface area contributed by atoms with Crippen LogP contribution < -0.4 is 5.73 Å². The van der Waals surface area contributed by atoms with Crippen molar-refractivity contribution in [1.82, 2.24) is 0 Å². The van der Waals surface area contributed by atoms with E-state index in [9.17, 15) is 9.50 Å². The maximum absolute atomic E-state index is 14.0. The molecule has 0 bridgehead atoms. The summed E-state index contributed by atoms with van der Waals surface area (Å²) in [6.07, 6.45) is 1.10. The molecule has 2 rings (SSSR count). The number of benzene rings is 1. The van der Waals surface area contributed by atoms with Crippen molar-refractivity contribution in [1.29, 1.82) is 0 Å². The molecule has 13 heavy (non-hydrogen) atoms. The normalized spacial score (nSPS) is 26.0. The largest absolute Gasteiger partial charge is 0.508 e. The molecule has 0 aliphatic heterocycles. The monoisotopic (exact) mass is 181 g/mol. The first kappa shape index (κ1) is 8.51. The molecular weight excluding hydrogens is 169 g/mol. The molecule has 0 radical (unpaired) electrons. The summed E-state index contributed by atoms with van der Waals surface area (Å²) in [7, 11) is 0. The fraction of sp³-hybridized carbons (Fsp3) is 0.400. The first-order valence-electron chi connectivity index (χ1n) is 4.37. The number of fused-ring (bicyclic) bond motifs is 1. The molecule has 1 unspecified atom stereocenters. The number of phenolic OH excluding ortho intramolecular Hbond substituents is 1. The number of hydrogen-bond acceptors (Lipinski definition) is 2. The van der Waals surface area contributed by atoms with E-state index < -0.39 is 5.67 Å². The lowest BCUT2D eigenvalue weighted by atomic mass is 9.98. The number of rotatable bonds is 1. The van der Waals surface area contributed by atoms with Crippen LogP contribution in [0.25, 0.3) is 0 Å². The molecule has 3 heteroatoms. The fourth-order valence-electron chi connectivity index (χ4n) is 1.90. The third-order valence-electron chi connectivity index (χ3n) is 2.69. The molecular formula is C10H12FNO. The number of phenols is 1. The first-order chi connectivity index (χ1) is 6.15. The number of aryl methyl sites for hydroxylation is 1. The highest BCUT2D eigenvalue weighted by Gasteiger charge is 2.37. The van der Waals surface area contributed by atoms with Crippen molar-refractivity contribution in [3.05, 3.63) is 29.3 Å². The topological polar surface area (TPSA) is 46.2 Å². The van der Waals surface area contributed by atoms with Gasteiger partial charge in [0.25, 0.3) is 0 Å². The molecule has 0 amide bonds. The van der Waals surface area contributed by atoms with Crippen LogP contribution in [-0.2, 0) is 12.1 Å². The van der Waals surface area contributed by atoms with E-state index in [0.717, 1.165) is 5.56 Å². The Balaban J connectivity index is 2.49. The average molecular weight is 181 g/mol. The summed E-state index contributed by atoms with van der Waals surface area (Å²) in [6, 6.07) is 4.75. The van der Waals surface area contributed by atoms with E-state index in [4.69, 9.17) is 5.73 Å². The van der Waals surface area contributed by atoms with Gasteiger partial charge in [0.15, 0.2) is 0 Å². The van der Waals surface area contributed by atoms with Gasteiger partial charge in [0.2, 0.25) is 0 Å². The number of nitrogens with two attached hydrogens (primary N) is 1. The Morgan fingerprint density at radius 2 is 2.31 bits per heavy atom. The van der Waals surface area contributed by atoms with Crippen molar-refractivity contribution >= 4 is 0 Å². The van der Waals surface area contributed by atoms with Crippen LogP contribution in [0.15, 0.2) is 18.2 Å². The van der Waals surface area contributed by atoms with Gasteiger partial charge < -0.3 is 10.8 Å². The number of halogens is 1. The van der Waals surface area contributed by atoms with Gasteiger partial charge in [-0.15, -0.1) is 0 Å². The third kappa shape index (κ3) is 1.20. The Morgan fingerprint density at radius 3 is 3.00 bits per heavy atom. The lowest BCUT2D eigenvalue weighted by Crippen LogP contribution is -2.27.